The van der Waals surface area contributed by atoms with Gasteiger partial charge in [-0.1, -0.05) is 11.6 Å². The maximum atomic E-state index is 6.05. The minimum Gasteiger partial charge on any atom is -0.368 e. The zero-order valence-corrected chi connectivity index (χ0v) is 15.4. The lowest BCUT2D eigenvalue weighted by Gasteiger charge is -2.10. The van der Waals surface area contributed by atoms with Gasteiger partial charge in [0.25, 0.3) is 0 Å². The summed E-state index contributed by atoms with van der Waals surface area (Å²) in [5.41, 5.74) is 4.06. The molecule has 4 aromatic heterocycles. The first-order valence-corrected chi connectivity index (χ1v) is 9.13. The van der Waals surface area contributed by atoms with Crippen molar-refractivity contribution in [2.75, 3.05) is 11.9 Å². The summed E-state index contributed by atoms with van der Waals surface area (Å²) >= 11 is 6.05. The van der Waals surface area contributed by atoms with E-state index in [1.807, 2.05) is 36.4 Å². The molecule has 0 aliphatic carbocycles. The van der Waals surface area contributed by atoms with E-state index >= 15 is 0 Å². The Morgan fingerprint density at radius 1 is 1.04 bits per heavy atom. The number of imidazole rings is 2. The molecule has 5 aromatic rings. The number of hydrogen-bond donors (Lipinski definition) is 2. The van der Waals surface area contributed by atoms with Crippen molar-refractivity contribution in [3.05, 3.63) is 66.1 Å². The van der Waals surface area contributed by atoms with E-state index in [-0.39, 0.29) is 0 Å². The molecule has 28 heavy (non-hydrogen) atoms. The monoisotopic (exact) mass is 390 g/mol. The van der Waals surface area contributed by atoms with Gasteiger partial charge in [-0.25, -0.2) is 24.9 Å². The molecule has 0 atom stereocenters. The van der Waals surface area contributed by atoms with Gasteiger partial charge in [0, 0.05) is 29.9 Å². The first-order valence-electron chi connectivity index (χ1n) is 8.76. The third kappa shape index (κ3) is 2.93. The van der Waals surface area contributed by atoms with Gasteiger partial charge in [-0.15, -0.1) is 0 Å². The van der Waals surface area contributed by atoms with Gasteiger partial charge in [0.1, 0.15) is 23.2 Å². The molecule has 0 saturated heterocycles. The van der Waals surface area contributed by atoms with Crippen LogP contribution in [0.3, 0.4) is 0 Å². The standard InChI is InChI=1S/C19H15ClN8/c20-12-3-5-13(6-4-12)28-15(27-14-2-1-8-22-19(14)28)7-9-21-17-16-18(24-10-23-16)26-11-25-17/h1-6,8,10-11H,7,9H2,(H2,21,23,24,25,26). The lowest BCUT2D eigenvalue weighted by Crippen LogP contribution is -2.11. The average molecular weight is 391 g/mol. The Morgan fingerprint density at radius 2 is 1.93 bits per heavy atom. The number of H-pyrrole nitrogens is 1. The summed E-state index contributed by atoms with van der Waals surface area (Å²) in [7, 11) is 0. The van der Waals surface area contributed by atoms with Gasteiger partial charge in [0.15, 0.2) is 17.1 Å². The fourth-order valence-electron chi connectivity index (χ4n) is 3.18. The molecule has 0 unspecified atom stereocenters. The van der Waals surface area contributed by atoms with Crippen molar-refractivity contribution >= 4 is 39.7 Å². The van der Waals surface area contributed by atoms with Crippen LogP contribution in [0.25, 0.3) is 28.0 Å². The average Bonchev–Trinajstić information content (AvgIpc) is 3.33. The topological polar surface area (TPSA) is 97.2 Å². The Bertz CT molecular complexity index is 1260. The van der Waals surface area contributed by atoms with E-state index in [1.54, 1.807) is 12.5 Å². The summed E-state index contributed by atoms with van der Waals surface area (Å²) in [6.07, 6.45) is 5.56. The van der Waals surface area contributed by atoms with E-state index in [9.17, 15) is 0 Å². The zero-order chi connectivity index (χ0) is 18.9. The van der Waals surface area contributed by atoms with Gasteiger partial charge in [0.2, 0.25) is 0 Å². The third-order valence-corrected chi connectivity index (χ3v) is 4.68. The Balaban J connectivity index is 1.46. The number of anilines is 1. The molecule has 138 valence electrons. The van der Waals surface area contributed by atoms with Gasteiger partial charge in [0.05, 0.1) is 6.33 Å². The highest BCUT2D eigenvalue weighted by atomic mass is 35.5. The van der Waals surface area contributed by atoms with Crippen LogP contribution in [0, 0.1) is 0 Å². The molecule has 0 aliphatic rings. The Kier molecular flexibility index (Phi) is 4.10. The SMILES string of the molecule is Clc1ccc(-n2c(CCNc3ncnc4[nH]cnc34)nc3cccnc32)cc1. The van der Waals surface area contributed by atoms with Crippen LogP contribution in [0.1, 0.15) is 5.82 Å². The van der Waals surface area contributed by atoms with Crippen LogP contribution < -0.4 is 5.32 Å². The highest BCUT2D eigenvalue weighted by Gasteiger charge is 2.14. The van der Waals surface area contributed by atoms with Crippen LogP contribution in [0.4, 0.5) is 5.82 Å². The van der Waals surface area contributed by atoms with Crippen molar-refractivity contribution < 1.29 is 0 Å². The predicted molar refractivity (Wildman–Crippen MR) is 108 cm³/mol. The van der Waals surface area contributed by atoms with Gasteiger partial charge in [-0.2, -0.15) is 0 Å². The molecule has 0 saturated carbocycles. The number of aromatic nitrogens is 7. The van der Waals surface area contributed by atoms with E-state index in [4.69, 9.17) is 16.6 Å². The molecule has 4 heterocycles. The van der Waals surface area contributed by atoms with Crippen LogP contribution in [0.15, 0.2) is 55.2 Å². The van der Waals surface area contributed by atoms with Crippen molar-refractivity contribution in [3.63, 3.8) is 0 Å². The van der Waals surface area contributed by atoms with Crippen molar-refractivity contribution in [1.82, 2.24) is 34.5 Å². The number of pyridine rings is 1. The molecule has 0 bridgehead atoms. The van der Waals surface area contributed by atoms with Crippen LogP contribution in [0.5, 0.6) is 0 Å². The fraction of sp³-hybridized carbons (Fsp3) is 0.105. The molecular formula is C19H15ClN8. The summed E-state index contributed by atoms with van der Waals surface area (Å²) in [6.45, 7) is 0.635. The summed E-state index contributed by atoms with van der Waals surface area (Å²) in [5.74, 6) is 1.59. The second-order valence-electron chi connectivity index (χ2n) is 6.18. The number of halogens is 1. The van der Waals surface area contributed by atoms with Crippen LogP contribution in [-0.2, 0) is 6.42 Å². The van der Waals surface area contributed by atoms with Crippen LogP contribution in [-0.4, -0.2) is 41.0 Å². The normalized spacial score (nSPS) is 11.3. The fourth-order valence-corrected chi connectivity index (χ4v) is 3.30. The Morgan fingerprint density at radius 3 is 2.82 bits per heavy atom. The van der Waals surface area contributed by atoms with Gasteiger partial charge in [-0.3, -0.25) is 4.57 Å². The third-order valence-electron chi connectivity index (χ3n) is 4.43. The molecule has 1 aromatic carbocycles. The quantitative estimate of drug-likeness (QED) is 0.477. The first kappa shape index (κ1) is 16.6. The summed E-state index contributed by atoms with van der Waals surface area (Å²) in [6, 6.07) is 11.5. The van der Waals surface area contributed by atoms with Gasteiger partial charge >= 0.3 is 0 Å². The minimum absolute atomic E-state index is 0.635. The molecule has 9 heteroatoms. The smallest absolute Gasteiger partial charge is 0.164 e. The number of aromatic amines is 1. The largest absolute Gasteiger partial charge is 0.368 e. The highest BCUT2D eigenvalue weighted by molar-refractivity contribution is 6.30. The van der Waals surface area contributed by atoms with E-state index in [2.05, 4.69) is 34.8 Å². The maximum Gasteiger partial charge on any atom is 0.164 e. The van der Waals surface area contributed by atoms with Gasteiger partial charge < -0.3 is 10.3 Å². The van der Waals surface area contributed by atoms with Gasteiger partial charge in [-0.05, 0) is 36.4 Å². The molecular weight excluding hydrogens is 376 g/mol. The molecule has 2 N–H and O–H groups in total. The molecule has 0 aliphatic heterocycles. The maximum absolute atomic E-state index is 6.05. The minimum atomic E-state index is 0.635. The Labute approximate surface area is 164 Å². The molecule has 8 nitrogen and oxygen atoms in total. The Hall–Kier alpha value is -3.52. The van der Waals surface area contributed by atoms with E-state index in [0.29, 0.717) is 29.5 Å². The van der Waals surface area contributed by atoms with E-state index in [0.717, 1.165) is 28.2 Å². The zero-order valence-electron chi connectivity index (χ0n) is 14.7. The molecule has 0 fully saturated rings. The number of nitrogens with one attached hydrogen (secondary N) is 2. The molecule has 0 amide bonds. The lowest BCUT2D eigenvalue weighted by atomic mass is 10.3. The van der Waals surface area contributed by atoms with E-state index < -0.39 is 0 Å². The van der Waals surface area contributed by atoms with Crippen molar-refractivity contribution in [2.45, 2.75) is 6.42 Å². The second-order valence-corrected chi connectivity index (χ2v) is 6.62. The number of fused-ring (bicyclic) bond motifs is 2. The van der Waals surface area contributed by atoms with Crippen molar-refractivity contribution in [1.29, 1.82) is 0 Å². The molecule has 0 radical (unpaired) electrons. The number of rotatable bonds is 5. The summed E-state index contributed by atoms with van der Waals surface area (Å²) in [5, 5.41) is 4.02. The van der Waals surface area contributed by atoms with Crippen molar-refractivity contribution in [3.8, 4) is 5.69 Å². The number of hydrogen-bond acceptors (Lipinski definition) is 6. The summed E-state index contributed by atoms with van der Waals surface area (Å²) < 4.78 is 2.05. The van der Waals surface area contributed by atoms with E-state index in [1.165, 1.54) is 6.33 Å². The first-order chi connectivity index (χ1) is 13.8. The second kappa shape index (κ2) is 6.90. The molecule has 5 rings (SSSR count). The lowest BCUT2D eigenvalue weighted by molar-refractivity contribution is 0.863. The highest BCUT2D eigenvalue weighted by Crippen LogP contribution is 2.22. The van der Waals surface area contributed by atoms with Crippen LogP contribution in [0.2, 0.25) is 5.02 Å². The van der Waals surface area contributed by atoms with Crippen LogP contribution >= 0.6 is 11.6 Å². The summed E-state index contributed by atoms with van der Waals surface area (Å²) in [4.78, 5) is 25.0. The predicted octanol–water partition coefficient (Wildman–Crippen LogP) is 3.39. The van der Waals surface area contributed by atoms with Crippen molar-refractivity contribution in [2.24, 2.45) is 0 Å². The number of benzene rings is 1. The number of nitrogens with zero attached hydrogens (tertiary/aromatic N) is 6. The molecule has 0 spiro atoms.